The summed E-state index contributed by atoms with van der Waals surface area (Å²) < 4.78 is 1.81. The van der Waals surface area contributed by atoms with Crippen molar-refractivity contribution >= 4 is 35.2 Å². The molecule has 6 rings (SSSR count). The van der Waals surface area contributed by atoms with Crippen LogP contribution in [0.25, 0.3) is 5.78 Å². The van der Waals surface area contributed by atoms with Gasteiger partial charge in [0.05, 0.1) is 0 Å². The van der Waals surface area contributed by atoms with Crippen molar-refractivity contribution in [2.45, 2.75) is 51.1 Å². The summed E-state index contributed by atoms with van der Waals surface area (Å²) in [4.78, 5) is 50.3. The second kappa shape index (κ2) is 11.8. The van der Waals surface area contributed by atoms with Gasteiger partial charge < -0.3 is 20.4 Å². The van der Waals surface area contributed by atoms with Crippen LogP contribution in [0.3, 0.4) is 0 Å². The van der Waals surface area contributed by atoms with Crippen LogP contribution in [0.15, 0.2) is 55.0 Å². The third kappa shape index (κ3) is 6.07. The number of piperazine rings is 1. The molecule has 2 aliphatic heterocycles. The van der Waals surface area contributed by atoms with Gasteiger partial charge in [0.2, 0.25) is 23.6 Å². The highest BCUT2D eigenvalue weighted by Crippen LogP contribution is 2.28. The first-order valence-electron chi connectivity index (χ1n) is 15.1. The zero-order valence-electron chi connectivity index (χ0n) is 26.0. The third-order valence-electron chi connectivity index (χ3n) is 8.48. The lowest BCUT2D eigenvalue weighted by Crippen LogP contribution is -2.48. The van der Waals surface area contributed by atoms with E-state index < -0.39 is 0 Å². The molecular weight excluding hydrogens is 556 g/mol. The van der Waals surface area contributed by atoms with Gasteiger partial charge in [-0.2, -0.15) is 9.97 Å². The number of carbonyl (C=O) groups is 2. The van der Waals surface area contributed by atoms with Crippen molar-refractivity contribution in [1.82, 2.24) is 39.5 Å². The van der Waals surface area contributed by atoms with Crippen LogP contribution in [0.5, 0.6) is 0 Å². The molecule has 12 nitrogen and oxygen atoms in total. The van der Waals surface area contributed by atoms with E-state index >= 15 is 0 Å². The summed E-state index contributed by atoms with van der Waals surface area (Å²) in [6, 6.07) is 11.3. The number of nitrogens with zero attached hydrogens (tertiary/aromatic N) is 8. The minimum Gasteiger partial charge on any atom is -0.346 e. The maximum Gasteiger partial charge on any atom is 0.270 e. The molecule has 2 atom stereocenters. The molecule has 230 valence electrons. The number of pyridine rings is 1. The number of imidazole rings is 1. The van der Waals surface area contributed by atoms with Crippen LogP contribution in [0.4, 0.5) is 17.6 Å². The van der Waals surface area contributed by atoms with Gasteiger partial charge in [-0.1, -0.05) is 39.0 Å². The Morgan fingerprint density at radius 3 is 2.50 bits per heavy atom. The molecule has 44 heavy (non-hydrogen) atoms. The number of hydrogen-bond donors (Lipinski definition) is 2. The van der Waals surface area contributed by atoms with Gasteiger partial charge in [0.15, 0.2) is 0 Å². The minimum absolute atomic E-state index is 0.0251. The average molecular weight is 597 g/mol. The van der Waals surface area contributed by atoms with Crippen LogP contribution in [0.2, 0.25) is 0 Å². The van der Waals surface area contributed by atoms with E-state index in [2.05, 4.69) is 51.2 Å². The van der Waals surface area contributed by atoms with Crippen molar-refractivity contribution in [3.05, 3.63) is 71.8 Å². The predicted molar refractivity (Wildman–Crippen MR) is 169 cm³/mol. The van der Waals surface area contributed by atoms with E-state index in [0.717, 1.165) is 49.3 Å². The predicted octanol–water partition coefficient (Wildman–Crippen LogP) is 3.40. The minimum atomic E-state index is -0.292. The van der Waals surface area contributed by atoms with E-state index in [9.17, 15) is 9.59 Å². The van der Waals surface area contributed by atoms with Gasteiger partial charge in [0, 0.05) is 63.5 Å². The lowest BCUT2D eigenvalue weighted by atomic mass is 9.88. The van der Waals surface area contributed by atoms with Crippen molar-refractivity contribution in [2.24, 2.45) is 0 Å². The molecule has 0 aliphatic carbocycles. The van der Waals surface area contributed by atoms with Gasteiger partial charge in [-0.25, -0.2) is 4.98 Å². The molecule has 4 aromatic rings. The van der Waals surface area contributed by atoms with Crippen molar-refractivity contribution in [1.29, 1.82) is 0 Å². The maximum atomic E-state index is 13.0. The van der Waals surface area contributed by atoms with Crippen LogP contribution in [0.1, 0.15) is 61.3 Å². The van der Waals surface area contributed by atoms with Crippen LogP contribution >= 0.6 is 0 Å². The molecular formula is C32H40N10O2. The van der Waals surface area contributed by atoms with Gasteiger partial charge in [-0.3, -0.25) is 23.9 Å². The molecule has 2 amide bonds. The topological polar surface area (TPSA) is 124 Å². The molecule has 5 heterocycles. The highest BCUT2D eigenvalue weighted by molar-refractivity contribution is 5.92. The number of carbonyl (C=O) groups excluding carboxylic acids is 2. The number of nitrogens with one attached hydrogen (secondary N) is 2. The van der Waals surface area contributed by atoms with Crippen molar-refractivity contribution in [3.63, 3.8) is 0 Å². The first-order chi connectivity index (χ1) is 21.1. The number of anilines is 3. The molecule has 0 spiro atoms. The number of rotatable bonds is 6. The molecule has 3 aromatic heterocycles. The SMILES string of the molecule is CN1CCN(C)C(c2ccc(Nc3nc(N4CCC[C@H](NC(=O)c5ccc(C(C)(C)C)cn5)C4)nc4nccn34)cc2)C1=O. The highest BCUT2D eigenvalue weighted by atomic mass is 16.2. The summed E-state index contributed by atoms with van der Waals surface area (Å²) in [6.45, 7) is 9.28. The Labute approximate surface area is 257 Å². The number of amides is 2. The average Bonchev–Trinajstić information content (AvgIpc) is 3.49. The monoisotopic (exact) mass is 596 g/mol. The number of fused-ring (bicyclic) bond motifs is 1. The van der Waals surface area contributed by atoms with Crippen molar-refractivity contribution < 1.29 is 9.59 Å². The summed E-state index contributed by atoms with van der Waals surface area (Å²) in [7, 11) is 3.83. The quantitative estimate of drug-likeness (QED) is 0.345. The zero-order chi connectivity index (χ0) is 31.0. The molecule has 2 fully saturated rings. The summed E-state index contributed by atoms with van der Waals surface area (Å²) in [5.41, 5.74) is 3.26. The zero-order valence-corrected chi connectivity index (χ0v) is 26.0. The largest absolute Gasteiger partial charge is 0.346 e. The molecule has 0 saturated carbocycles. The molecule has 0 bridgehead atoms. The van der Waals surface area contributed by atoms with E-state index in [4.69, 9.17) is 9.97 Å². The second-order valence-corrected chi connectivity index (χ2v) is 12.8. The Bertz CT molecular complexity index is 1640. The molecule has 1 aromatic carbocycles. The fraction of sp³-hybridized carbons (Fsp3) is 0.438. The van der Waals surface area contributed by atoms with Gasteiger partial charge in [0.1, 0.15) is 11.7 Å². The summed E-state index contributed by atoms with van der Waals surface area (Å²) in [5, 5.41) is 6.57. The molecule has 12 heteroatoms. The molecule has 2 aliphatic rings. The smallest absolute Gasteiger partial charge is 0.270 e. The number of likely N-dealkylation sites (N-methyl/N-ethyl adjacent to an activating group) is 2. The van der Waals surface area contributed by atoms with Crippen molar-refractivity contribution in [3.8, 4) is 0 Å². The lowest BCUT2D eigenvalue weighted by Gasteiger charge is -2.37. The van der Waals surface area contributed by atoms with E-state index in [1.807, 2.05) is 50.6 Å². The maximum absolute atomic E-state index is 13.0. The van der Waals surface area contributed by atoms with Gasteiger partial charge in [-0.15, -0.1) is 0 Å². The van der Waals surface area contributed by atoms with Gasteiger partial charge in [-0.05, 0) is 54.6 Å². The van der Waals surface area contributed by atoms with Crippen LogP contribution in [-0.2, 0) is 10.2 Å². The summed E-state index contributed by atoms with van der Waals surface area (Å²) in [5.74, 6) is 1.58. The number of benzene rings is 1. The van der Waals surface area contributed by atoms with E-state index in [1.54, 1.807) is 27.8 Å². The first kappa shape index (κ1) is 29.5. The highest BCUT2D eigenvalue weighted by Gasteiger charge is 2.32. The second-order valence-electron chi connectivity index (χ2n) is 12.8. The third-order valence-corrected chi connectivity index (χ3v) is 8.48. The fourth-order valence-corrected chi connectivity index (χ4v) is 5.76. The normalized spacial score (nSPS) is 19.8. The van der Waals surface area contributed by atoms with Gasteiger partial charge >= 0.3 is 0 Å². The Balaban J connectivity index is 1.16. The number of hydrogen-bond acceptors (Lipinski definition) is 9. The van der Waals surface area contributed by atoms with E-state index in [1.165, 1.54) is 0 Å². The van der Waals surface area contributed by atoms with E-state index in [-0.39, 0.29) is 29.3 Å². The Hall–Kier alpha value is -4.58. The Morgan fingerprint density at radius 1 is 0.977 bits per heavy atom. The molecule has 1 unspecified atom stereocenters. The number of piperidine rings is 1. The van der Waals surface area contributed by atoms with Gasteiger partial charge in [0.25, 0.3) is 5.91 Å². The number of aromatic nitrogens is 5. The van der Waals surface area contributed by atoms with E-state index in [0.29, 0.717) is 29.9 Å². The van der Waals surface area contributed by atoms with Crippen LogP contribution in [0, 0.1) is 0 Å². The Morgan fingerprint density at radius 2 is 1.77 bits per heavy atom. The fourth-order valence-electron chi connectivity index (χ4n) is 5.76. The van der Waals surface area contributed by atoms with Crippen LogP contribution in [-0.4, -0.2) is 92.3 Å². The first-order valence-corrected chi connectivity index (χ1v) is 15.1. The van der Waals surface area contributed by atoms with Crippen molar-refractivity contribution in [2.75, 3.05) is 50.5 Å². The standard InChI is InChI=1S/C32H40N10O2/c1-32(2,3)22-10-13-25(34-19-22)27(43)35-24-7-6-15-41(20-24)30-37-29-33-14-16-42(29)31(38-30)36-23-11-8-21(9-12-23)26-28(44)40(5)18-17-39(26)4/h8-14,16,19,24,26H,6-7,15,17-18,20H2,1-5H3,(H,35,43)(H,33,36,37,38)/t24-,26?/m0/s1. The summed E-state index contributed by atoms with van der Waals surface area (Å²) >= 11 is 0. The summed E-state index contributed by atoms with van der Waals surface area (Å²) in [6.07, 6.45) is 7.04. The van der Waals surface area contributed by atoms with Crippen LogP contribution < -0.4 is 15.5 Å². The Kier molecular flexibility index (Phi) is 7.93. The molecule has 2 N–H and O–H groups in total. The molecule has 0 radical (unpaired) electrons. The molecule has 2 saturated heterocycles. The lowest BCUT2D eigenvalue weighted by molar-refractivity contribution is -0.139.